The molecule has 0 atom stereocenters. The maximum atomic E-state index is 14.6. The Morgan fingerprint density at radius 3 is 2.80 bits per heavy atom. The Kier molecular flexibility index (Phi) is 7.82. The number of halogens is 2. The molecule has 0 aliphatic carbocycles. The predicted octanol–water partition coefficient (Wildman–Crippen LogP) is 7.00. The molecule has 0 aliphatic rings. The second-order valence-corrected chi connectivity index (χ2v) is 7.99. The molecule has 3 N–H and O–H groups in total. The van der Waals surface area contributed by atoms with Gasteiger partial charge in [0, 0.05) is 53.0 Å². The Bertz CT molecular complexity index is 1110. The predicted molar refractivity (Wildman–Crippen MR) is 116 cm³/mol. The average molecular weight is 498 g/mol. The summed E-state index contributed by atoms with van der Waals surface area (Å²) in [6, 6.07) is 6.49. The van der Waals surface area contributed by atoms with Crippen molar-refractivity contribution >= 4 is 51.4 Å². The van der Waals surface area contributed by atoms with E-state index in [2.05, 4.69) is 20.0 Å². The molecule has 4 rings (SSSR count). The summed E-state index contributed by atoms with van der Waals surface area (Å²) in [6.45, 7) is 0.0541. The van der Waals surface area contributed by atoms with Crippen LogP contribution in [0.3, 0.4) is 0 Å². The number of hydrogen-bond acceptors (Lipinski definition) is 7. The largest absolute Gasteiger partial charge is 0.672 e. The molecule has 1 aromatic carbocycles. The fourth-order valence-electron chi connectivity index (χ4n) is 2.57. The summed E-state index contributed by atoms with van der Waals surface area (Å²) >= 11 is 8.92. The Labute approximate surface area is 197 Å². The van der Waals surface area contributed by atoms with Crippen LogP contribution in [0.1, 0.15) is 5.69 Å². The molecule has 6 nitrogen and oxygen atoms in total. The second-order valence-electron chi connectivity index (χ2n) is 5.84. The first-order chi connectivity index (χ1) is 14.1. The van der Waals surface area contributed by atoms with Gasteiger partial charge in [-0.2, -0.15) is 0 Å². The number of nitrogens with one attached hydrogen (secondary N) is 3. The third-order valence-corrected chi connectivity index (χ3v) is 5.90. The summed E-state index contributed by atoms with van der Waals surface area (Å²) < 4.78 is 22.8. The average Bonchev–Trinajstić information content (AvgIpc) is 3.44. The zero-order valence-corrected chi connectivity index (χ0v) is 19.0. The molecule has 4 aromatic rings. The van der Waals surface area contributed by atoms with E-state index in [9.17, 15) is 4.39 Å². The fourth-order valence-corrected chi connectivity index (χ4v) is 4.12. The monoisotopic (exact) mass is 497 g/mol. The standard InChI is InChI=1S/C19H14ClFN5OS2.V/c20-14-6-18(29-26-19-23-2-4-28-19)15(21)7-16(14)25-17-9-24-12(8-22)5-13(17)11-1-3-27-10-11;/h1-7,9-10,22,25H,8H2,(H,23,26);/q-1;. The molecule has 0 spiro atoms. The summed E-state index contributed by atoms with van der Waals surface area (Å²) in [5, 5.41) is 6.01. The summed E-state index contributed by atoms with van der Waals surface area (Å²) in [4.78, 5) is 8.70. The van der Waals surface area contributed by atoms with E-state index in [0.717, 1.165) is 23.1 Å². The van der Waals surface area contributed by atoms with Gasteiger partial charge in [0.05, 0.1) is 40.0 Å². The first kappa shape index (κ1) is 22.7. The van der Waals surface area contributed by atoms with Gasteiger partial charge in [-0.05, 0) is 30.1 Å². The van der Waals surface area contributed by atoms with Crippen LogP contribution in [-0.2, 0) is 25.1 Å². The Morgan fingerprint density at radius 1 is 1.23 bits per heavy atom. The molecule has 0 saturated carbocycles. The first-order valence-corrected chi connectivity index (χ1v) is 10.5. The minimum Gasteiger partial charge on any atom is -0.672 e. The van der Waals surface area contributed by atoms with Gasteiger partial charge in [0.2, 0.25) is 0 Å². The SMILES string of the molecule is [NH-]Cc1cc(-c2ccoc2)c(Nc2cc(F)c(SNc3nccs3)cc2Cl)cn1.[V]. The molecular weight excluding hydrogens is 484 g/mol. The van der Waals surface area contributed by atoms with E-state index >= 15 is 0 Å². The van der Waals surface area contributed by atoms with Crippen LogP contribution in [0.4, 0.5) is 20.9 Å². The molecule has 30 heavy (non-hydrogen) atoms. The molecule has 3 heterocycles. The molecule has 153 valence electrons. The van der Waals surface area contributed by atoms with Crippen molar-refractivity contribution in [1.82, 2.24) is 9.97 Å². The quantitative estimate of drug-likeness (QED) is 0.267. The number of hydrogen-bond donors (Lipinski definition) is 2. The third-order valence-electron chi connectivity index (χ3n) is 3.95. The van der Waals surface area contributed by atoms with Crippen LogP contribution in [-0.4, -0.2) is 9.97 Å². The second kappa shape index (κ2) is 10.3. The molecule has 0 unspecified atom stereocenters. The number of aromatic nitrogens is 2. The van der Waals surface area contributed by atoms with Crippen LogP contribution in [0.5, 0.6) is 0 Å². The van der Waals surface area contributed by atoms with Gasteiger partial charge in [0.15, 0.2) is 5.13 Å². The van der Waals surface area contributed by atoms with Crippen LogP contribution in [0.15, 0.2) is 63.9 Å². The number of benzene rings is 1. The minimum absolute atomic E-state index is 0. The topological polar surface area (TPSA) is 86.8 Å². The number of thiazole rings is 1. The van der Waals surface area contributed by atoms with Gasteiger partial charge in [-0.3, -0.25) is 4.98 Å². The number of anilines is 3. The molecular formula is C19H14ClFN5OS2V-. The van der Waals surface area contributed by atoms with Gasteiger partial charge in [0.25, 0.3) is 0 Å². The van der Waals surface area contributed by atoms with Crippen molar-refractivity contribution in [3.8, 4) is 11.1 Å². The molecule has 1 radical (unpaired) electrons. The van der Waals surface area contributed by atoms with Crippen molar-refractivity contribution in [3.05, 3.63) is 76.8 Å². The molecule has 3 aromatic heterocycles. The zero-order valence-electron chi connectivity index (χ0n) is 15.2. The normalized spacial score (nSPS) is 10.5. The van der Waals surface area contributed by atoms with E-state index in [4.69, 9.17) is 21.8 Å². The van der Waals surface area contributed by atoms with E-state index in [0.29, 0.717) is 32.1 Å². The molecule has 0 bridgehead atoms. The van der Waals surface area contributed by atoms with Crippen LogP contribution >= 0.6 is 34.9 Å². The smallest absolute Gasteiger partial charge is 0.192 e. The Morgan fingerprint density at radius 2 is 2.10 bits per heavy atom. The van der Waals surface area contributed by atoms with Crippen molar-refractivity contribution in [2.75, 3.05) is 10.0 Å². The molecule has 0 fully saturated rings. The number of furan rings is 1. The van der Waals surface area contributed by atoms with Crippen molar-refractivity contribution < 1.29 is 27.4 Å². The van der Waals surface area contributed by atoms with Gasteiger partial charge >= 0.3 is 0 Å². The van der Waals surface area contributed by atoms with E-state index in [1.807, 2.05) is 5.38 Å². The van der Waals surface area contributed by atoms with Gasteiger partial charge < -0.3 is 20.2 Å². The van der Waals surface area contributed by atoms with Crippen LogP contribution < -0.4 is 10.0 Å². The summed E-state index contributed by atoms with van der Waals surface area (Å²) in [5.41, 5.74) is 10.8. The molecule has 0 aliphatic heterocycles. The Balaban J connectivity index is 0.00000256. The Hall–Kier alpha value is -2.01. The van der Waals surface area contributed by atoms with Crippen molar-refractivity contribution in [1.29, 1.82) is 0 Å². The maximum absolute atomic E-state index is 14.6. The maximum Gasteiger partial charge on any atom is 0.192 e. The first-order valence-electron chi connectivity index (χ1n) is 8.38. The summed E-state index contributed by atoms with van der Waals surface area (Å²) in [6.07, 6.45) is 6.43. The van der Waals surface area contributed by atoms with Crippen molar-refractivity contribution in [2.24, 2.45) is 0 Å². The van der Waals surface area contributed by atoms with Gasteiger partial charge in [-0.1, -0.05) is 11.6 Å². The third kappa shape index (κ3) is 5.18. The number of pyridine rings is 1. The molecule has 0 amide bonds. The number of nitrogens with zero attached hydrogens (tertiary/aromatic N) is 2. The van der Waals surface area contributed by atoms with Gasteiger partial charge in [-0.15, -0.1) is 17.9 Å². The minimum atomic E-state index is -0.424. The van der Waals surface area contributed by atoms with Crippen molar-refractivity contribution in [3.63, 3.8) is 0 Å². The van der Waals surface area contributed by atoms with Crippen molar-refractivity contribution in [2.45, 2.75) is 11.4 Å². The van der Waals surface area contributed by atoms with E-state index in [-0.39, 0.29) is 25.1 Å². The zero-order chi connectivity index (χ0) is 20.2. The fraction of sp³-hybridized carbons (Fsp3) is 0.0526. The summed E-state index contributed by atoms with van der Waals surface area (Å²) in [7, 11) is 0. The van der Waals surface area contributed by atoms with E-state index in [1.54, 1.807) is 43.1 Å². The molecule has 11 heteroatoms. The number of rotatable bonds is 7. The molecule has 0 saturated heterocycles. The van der Waals surface area contributed by atoms with Gasteiger partial charge in [-0.25, -0.2) is 9.37 Å². The van der Waals surface area contributed by atoms with E-state index in [1.165, 1.54) is 17.4 Å². The van der Waals surface area contributed by atoms with Crippen LogP contribution in [0, 0.1) is 5.82 Å². The summed E-state index contributed by atoms with van der Waals surface area (Å²) in [5.74, 6) is -0.424. The van der Waals surface area contributed by atoms with Crippen LogP contribution in [0.2, 0.25) is 5.02 Å². The van der Waals surface area contributed by atoms with Gasteiger partial charge in [0.1, 0.15) is 5.82 Å². The van der Waals surface area contributed by atoms with E-state index < -0.39 is 5.82 Å². The van der Waals surface area contributed by atoms with Crippen LogP contribution in [0.25, 0.3) is 16.9 Å².